The number of carbonyl (C=O) groups excluding carboxylic acids is 2. The van der Waals surface area contributed by atoms with Crippen LogP contribution in [-0.2, 0) is 16.2 Å². The number of ether oxygens (including phenoxy) is 3. The van der Waals surface area contributed by atoms with Crippen molar-refractivity contribution in [1.82, 2.24) is 9.80 Å². The number of ketones is 1. The average Bonchev–Trinajstić information content (AvgIpc) is 3.21. The van der Waals surface area contributed by atoms with E-state index in [4.69, 9.17) is 14.2 Å². The van der Waals surface area contributed by atoms with Crippen molar-refractivity contribution in [2.45, 2.75) is 26.0 Å². The third-order valence-electron chi connectivity index (χ3n) is 6.70. The van der Waals surface area contributed by atoms with Gasteiger partial charge in [-0.05, 0) is 69.4 Å². The fraction of sp³-hybridized carbons (Fsp3) is 0.312. The second-order valence-electron chi connectivity index (χ2n) is 9.79. The van der Waals surface area contributed by atoms with Crippen LogP contribution in [0.15, 0.2) is 78.4 Å². The topological polar surface area (TPSA) is 88.5 Å². The van der Waals surface area contributed by atoms with Crippen LogP contribution in [0.1, 0.15) is 36.1 Å². The Bertz CT molecular complexity index is 1370. The highest BCUT2D eigenvalue weighted by Crippen LogP contribution is 2.42. The molecule has 8 heteroatoms. The Morgan fingerprint density at radius 1 is 0.950 bits per heavy atom. The summed E-state index contributed by atoms with van der Waals surface area (Å²) in [5, 5.41) is 11.4. The van der Waals surface area contributed by atoms with Gasteiger partial charge in [0.1, 0.15) is 18.1 Å². The Hall–Kier alpha value is -4.30. The van der Waals surface area contributed by atoms with Gasteiger partial charge in [0.15, 0.2) is 11.5 Å². The van der Waals surface area contributed by atoms with Crippen LogP contribution in [0.4, 0.5) is 0 Å². The molecule has 0 saturated carbocycles. The Labute approximate surface area is 235 Å². The minimum Gasteiger partial charge on any atom is -0.507 e. The Balaban J connectivity index is 1.75. The van der Waals surface area contributed by atoms with E-state index in [9.17, 15) is 14.7 Å². The number of nitrogens with zero attached hydrogens (tertiary/aromatic N) is 2. The molecule has 1 atom stereocenters. The van der Waals surface area contributed by atoms with E-state index in [-0.39, 0.29) is 11.3 Å². The maximum Gasteiger partial charge on any atom is 0.295 e. The number of hydrogen-bond acceptors (Lipinski definition) is 7. The lowest BCUT2D eigenvalue weighted by molar-refractivity contribution is -0.139. The second-order valence-corrected chi connectivity index (χ2v) is 9.79. The summed E-state index contributed by atoms with van der Waals surface area (Å²) >= 11 is 0. The summed E-state index contributed by atoms with van der Waals surface area (Å²) in [6.07, 6.45) is 0.659. The zero-order valence-corrected chi connectivity index (χ0v) is 23.4. The highest BCUT2D eigenvalue weighted by molar-refractivity contribution is 6.46. The molecule has 0 radical (unpaired) electrons. The quantitative estimate of drug-likeness (QED) is 0.194. The van der Waals surface area contributed by atoms with Crippen LogP contribution >= 0.6 is 0 Å². The minimum atomic E-state index is -0.796. The van der Waals surface area contributed by atoms with Crippen LogP contribution in [0.25, 0.3) is 5.76 Å². The molecule has 4 rings (SSSR count). The van der Waals surface area contributed by atoms with Gasteiger partial charge in [-0.15, -0.1) is 0 Å². The molecule has 1 N–H and O–H groups in total. The standard InChI is InChI=1S/C32H36N2O6/c1-5-39-25-14-9-13-24(19-25)30(35)28-29(34(32(37)31(28)36)18-10-17-33(2)3)23-15-16-26(27(20-23)38-4)40-21-22-11-7-6-8-12-22/h6-9,11-16,19-20,29,35H,5,10,17-18,21H2,1-4H3. The normalized spacial score (nSPS) is 16.4. The van der Waals surface area contributed by atoms with Crippen molar-refractivity contribution in [3.8, 4) is 17.2 Å². The van der Waals surface area contributed by atoms with E-state index >= 15 is 0 Å². The lowest BCUT2D eigenvalue weighted by atomic mass is 9.95. The van der Waals surface area contributed by atoms with Gasteiger partial charge in [0.05, 0.1) is 25.3 Å². The summed E-state index contributed by atoms with van der Waals surface area (Å²) < 4.78 is 17.2. The molecule has 1 aliphatic rings. The van der Waals surface area contributed by atoms with Gasteiger partial charge in [0.2, 0.25) is 0 Å². The monoisotopic (exact) mass is 544 g/mol. The van der Waals surface area contributed by atoms with Gasteiger partial charge >= 0.3 is 0 Å². The smallest absolute Gasteiger partial charge is 0.295 e. The Morgan fingerprint density at radius 3 is 2.42 bits per heavy atom. The predicted octanol–water partition coefficient (Wildman–Crippen LogP) is 5.05. The van der Waals surface area contributed by atoms with E-state index in [2.05, 4.69) is 0 Å². The molecule has 1 aliphatic heterocycles. The van der Waals surface area contributed by atoms with Crippen LogP contribution in [-0.4, -0.2) is 67.5 Å². The number of hydrogen-bond donors (Lipinski definition) is 1. The maximum absolute atomic E-state index is 13.4. The van der Waals surface area contributed by atoms with Crippen molar-refractivity contribution in [2.24, 2.45) is 0 Å². The van der Waals surface area contributed by atoms with Crippen molar-refractivity contribution in [3.05, 3.63) is 95.1 Å². The summed E-state index contributed by atoms with van der Waals surface area (Å²) in [5.41, 5.74) is 2.08. The zero-order valence-electron chi connectivity index (χ0n) is 23.4. The number of likely N-dealkylation sites (tertiary alicyclic amines) is 1. The zero-order chi connectivity index (χ0) is 28.6. The van der Waals surface area contributed by atoms with E-state index in [0.717, 1.165) is 12.1 Å². The van der Waals surface area contributed by atoms with E-state index in [1.807, 2.05) is 62.3 Å². The molecule has 1 fully saturated rings. The number of carbonyl (C=O) groups is 2. The fourth-order valence-corrected chi connectivity index (χ4v) is 4.78. The number of aliphatic hydroxyl groups is 1. The molecule has 40 heavy (non-hydrogen) atoms. The molecule has 3 aromatic rings. The average molecular weight is 545 g/mol. The molecule has 0 bridgehead atoms. The molecule has 3 aromatic carbocycles. The van der Waals surface area contributed by atoms with Gasteiger partial charge < -0.3 is 29.1 Å². The van der Waals surface area contributed by atoms with Gasteiger partial charge in [0, 0.05) is 12.1 Å². The van der Waals surface area contributed by atoms with Crippen LogP contribution in [0, 0.1) is 0 Å². The summed E-state index contributed by atoms with van der Waals surface area (Å²) in [6, 6.07) is 21.2. The molecule has 1 unspecified atom stereocenters. The van der Waals surface area contributed by atoms with E-state index in [1.165, 1.54) is 4.90 Å². The minimum absolute atomic E-state index is 0.0310. The summed E-state index contributed by atoms with van der Waals surface area (Å²) in [6.45, 7) is 3.76. The van der Waals surface area contributed by atoms with Crippen molar-refractivity contribution >= 4 is 17.4 Å². The van der Waals surface area contributed by atoms with Crippen LogP contribution in [0.3, 0.4) is 0 Å². The van der Waals surface area contributed by atoms with Gasteiger partial charge in [-0.1, -0.05) is 48.5 Å². The van der Waals surface area contributed by atoms with Crippen LogP contribution in [0.2, 0.25) is 0 Å². The predicted molar refractivity (Wildman–Crippen MR) is 154 cm³/mol. The van der Waals surface area contributed by atoms with E-state index in [1.54, 1.807) is 43.5 Å². The molecular weight excluding hydrogens is 508 g/mol. The van der Waals surface area contributed by atoms with Crippen molar-refractivity contribution < 1.29 is 28.9 Å². The third-order valence-corrected chi connectivity index (χ3v) is 6.70. The first-order chi connectivity index (χ1) is 19.3. The number of benzene rings is 3. The summed E-state index contributed by atoms with van der Waals surface area (Å²) in [7, 11) is 5.45. The molecule has 0 aromatic heterocycles. The summed E-state index contributed by atoms with van der Waals surface area (Å²) in [4.78, 5) is 30.2. The Morgan fingerprint density at radius 2 is 1.73 bits per heavy atom. The molecule has 0 aliphatic carbocycles. The first-order valence-corrected chi connectivity index (χ1v) is 13.3. The van der Waals surface area contributed by atoms with Crippen LogP contribution < -0.4 is 14.2 Å². The lowest BCUT2D eigenvalue weighted by Gasteiger charge is -2.26. The van der Waals surface area contributed by atoms with E-state index < -0.39 is 17.7 Å². The van der Waals surface area contributed by atoms with Gasteiger partial charge in [-0.2, -0.15) is 0 Å². The molecule has 1 amide bonds. The van der Waals surface area contributed by atoms with Crippen molar-refractivity contribution in [1.29, 1.82) is 0 Å². The van der Waals surface area contributed by atoms with E-state index in [0.29, 0.717) is 54.6 Å². The number of Topliss-reactive ketones (excluding diaryl/α,β-unsaturated/α-hetero) is 1. The first kappa shape index (κ1) is 28.7. The maximum atomic E-state index is 13.4. The number of amides is 1. The molecule has 1 heterocycles. The Kier molecular flexibility index (Phi) is 9.45. The highest BCUT2D eigenvalue weighted by Gasteiger charge is 2.46. The number of methoxy groups -OCH3 is 1. The second kappa shape index (κ2) is 13.2. The van der Waals surface area contributed by atoms with Gasteiger partial charge in [-0.25, -0.2) is 0 Å². The SMILES string of the molecule is CCOc1cccc(C(O)=C2C(=O)C(=O)N(CCCN(C)C)C2c2ccc(OCc3ccccc3)c(OC)c2)c1. The highest BCUT2D eigenvalue weighted by atomic mass is 16.5. The molecule has 0 spiro atoms. The molecular formula is C32H36N2O6. The largest absolute Gasteiger partial charge is 0.507 e. The number of rotatable bonds is 12. The first-order valence-electron chi connectivity index (χ1n) is 13.3. The van der Waals surface area contributed by atoms with Crippen molar-refractivity contribution in [2.75, 3.05) is 40.9 Å². The molecule has 1 saturated heterocycles. The molecule has 8 nitrogen and oxygen atoms in total. The number of aliphatic hydroxyl groups excluding tert-OH is 1. The fourth-order valence-electron chi connectivity index (χ4n) is 4.78. The third kappa shape index (κ3) is 6.46. The summed E-state index contributed by atoms with van der Waals surface area (Å²) in [5.74, 6) is -0.0600. The van der Waals surface area contributed by atoms with Crippen LogP contribution in [0.5, 0.6) is 17.2 Å². The van der Waals surface area contributed by atoms with Gasteiger partial charge in [0.25, 0.3) is 11.7 Å². The molecule has 210 valence electrons. The van der Waals surface area contributed by atoms with Crippen molar-refractivity contribution in [3.63, 3.8) is 0 Å². The van der Waals surface area contributed by atoms with Gasteiger partial charge in [-0.3, -0.25) is 9.59 Å². The lowest BCUT2D eigenvalue weighted by Crippen LogP contribution is -2.32.